The molecular formula is C11H13ClN4O. The highest BCUT2D eigenvalue weighted by molar-refractivity contribution is 6.33. The normalized spacial score (nSPS) is 12.6. The number of nitrogens with zero attached hydrogens (tertiary/aromatic N) is 4. The topological polar surface area (TPSA) is 63.8 Å². The molecule has 1 aromatic carbocycles. The number of aryl methyl sites for hydroxylation is 1. The van der Waals surface area contributed by atoms with E-state index in [2.05, 4.69) is 15.4 Å². The predicted octanol–water partition coefficient (Wildman–Crippen LogP) is 1.76. The van der Waals surface area contributed by atoms with Crippen molar-refractivity contribution in [1.29, 1.82) is 0 Å². The molecule has 6 heteroatoms. The average Bonchev–Trinajstić information content (AvgIpc) is 2.75. The van der Waals surface area contributed by atoms with Crippen molar-refractivity contribution in [3.05, 3.63) is 29.3 Å². The van der Waals surface area contributed by atoms with E-state index < -0.39 is 0 Å². The zero-order chi connectivity index (χ0) is 12.3. The lowest BCUT2D eigenvalue weighted by Gasteiger charge is -2.01. The Labute approximate surface area is 104 Å². The molecule has 0 amide bonds. The fourth-order valence-corrected chi connectivity index (χ4v) is 1.61. The Kier molecular flexibility index (Phi) is 3.71. The number of aliphatic hydroxyl groups excluding tert-OH is 1. The van der Waals surface area contributed by atoms with Gasteiger partial charge in [-0.15, -0.1) is 10.2 Å². The van der Waals surface area contributed by atoms with Crippen LogP contribution in [0.5, 0.6) is 0 Å². The first-order valence-electron chi connectivity index (χ1n) is 5.37. The third-order valence-electron chi connectivity index (χ3n) is 2.31. The quantitative estimate of drug-likeness (QED) is 0.901. The molecule has 0 aliphatic rings. The number of aromatic nitrogens is 4. The van der Waals surface area contributed by atoms with E-state index in [1.54, 1.807) is 13.0 Å². The second-order valence-electron chi connectivity index (χ2n) is 3.83. The second-order valence-corrected chi connectivity index (χ2v) is 4.23. The summed E-state index contributed by atoms with van der Waals surface area (Å²) >= 11 is 6.04. The number of benzene rings is 1. The summed E-state index contributed by atoms with van der Waals surface area (Å²) in [6, 6.07) is 7.35. The zero-order valence-electron chi connectivity index (χ0n) is 9.41. The van der Waals surface area contributed by atoms with Gasteiger partial charge in [0.1, 0.15) is 0 Å². The Morgan fingerprint density at radius 3 is 2.88 bits per heavy atom. The Morgan fingerprint density at radius 2 is 2.18 bits per heavy atom. The van der Waals surface area contributed by atoms with Crippen molar-refractivity contribution in [3.63, 3.8) is 0 Å². The van der Waals surface area contributed by atoms with Gasteiger partial charge in [-0.05, 0) is 30.7 Å². The summed E-state index contributed by atoms with van der Waals surface area (Å²) in [7, 11) is 0. The van der Waals surface area contributed by atoms with Crippen LogP contribution < -0.4 is 0 Å². The first kappa shape index (κ1) is 12.0. The smallest absolute Gasteiger partial charge is 0.206 e. The summed E-state index contributed by atoms with van der Waals surface area (Å²) in [4.78, 5) is 1.46. The molecule has 17 heavy (non-hydrogen) atoms. The van der Waals surface area contributed by atoms with Gasteiger partial charge < -0.3 is 5.11 Å². The lowest BCUT2D eigenvalue weighted by Crippen LogP contribution is -2.09. The summed E-state index contributed by atoms with van der Waals surface area (Å²) in [5.41, 5.74) is 0.762. The number of aliphatic hydroxyl groups is 1. The van der Waals surface area contributed by atoms with Crippen molar-refractivity contribution in [2.75, 3.05) is 0 Å². The van der Waals surface area contributed by atoms with E-state index in [9.17, 15) is 5.11 Å². The highest BCUT2D eigenvalue weighted by Gasteiger charge is 2.09. The Hall–Kier alpha value is -1.46. The van der Waals surface area contributed by atoms with Gasteiger partial charge in [0.15, 0.2) is 0 Å². The van der Waals surface area contributed by atoms with Gasteiger partial charge >= 0.3 is 0 Å². The predicted molar refractivity (Wildman–Crippen MR) is 64.6 cm³/mol. The van der Waals surface area contributed by atoms with Crippen molar-refractivity contribution < 1.29 is 5.11 Å². The fourth-order valence-electron chi connectivity index (χ4n) is 1.39. The van der Waals surface area contributed by atoms with Gasteiger partial charge in [-0.2, -0.15) is 4.80 Å². The number of hydrogen-bond donors (Lipinski definition) is 1. The Balaban J connectivity index is 2.16. The van der Waals surface area contributed by atoms with E-state index in [0.29, 0.717) is 23.8 Å². The number of rotatable bonds is 4. The molecule has 0 aliphatic heterocycles. The van der Waals surface area contributed by atoms with E-state index in [0.717, 1.165) is 5.56 Å². The Morgan fingerprint density at radius 1 is 1.41 bits per heavy atom. The number of halogens is 1. The standard InChI is InChI=1S/C11H13ClN4O/c1-8(17)6-7-16-14-11(13-15-16)9-4-2-3-5-10(9)12/h2-5,8,17H,6-7H2,1H3/t8-/m0/s1. The summed E-state index contributed by atoms with van der Waals surface area (Å²) in [6.45, 7) is 2.26. The molecule has 1 heterocycles. The molecule has 1 aromatic heterocycles. The molecule has 0 unspecified atom stereocenters. The van der Waals surface area contributed by atoms with E-state index in [-0.39, 0.29) is 6.10 Å². The monoisotopic (exact) mass is 252 g/mol. The van der Waals surface area contributed by atoms with Gasteiger partial charge in [0.25, 0.3) is 0 Å². The molecule has 1 N–H and O–H groups in total. The van der Waals surface area contributed by atoms with Gasteiger partial charge in [-0.1, -0.05) is 23.7 Å². The van der Waals surface area contributed by atoms with Crippen molar-refractivity contribution in [1.82, 2.24) is 20.2 Å². The summed E-state index contributed by atoms with van der Waals surface area (Å²) in [6.07, 6.45) is 0.225. The van der Waals surface area contributed by atoms with Crippen LogP contribution in [0.25, 0.3) is 11.4 Å². The van der Waals surface area contributed by atoms with Crippen LogP contribution in [0, 0.1) is 0 Å². The summed E-state index contributed by atoms with van der Waals surface area (Å²) < 4.78 is 0. The summed E-state index contributed by atoms with van der Waals surface area (Å²) in [5.74, 6) is 0.501. The molecule has 1 atom stereocenters. The molecule has 0 saturated heterocycles. The van der Waals surface area contributed by atoms with Crippen LogP contribution in [0.15, 0.2) is 24.3 Å². The minimum absolute atomic E-state index is 0.371. The molecular weight excluding hydrogens is 240 g/mol. The van der Waals surface area contributed by atoms with E-state index in [1.807, 2.05) is 18.2 Å². The maximum atomic E-state index is 9.17. The lowest BCUT2D eigenvalue weighted by molar-refractivity contribution is 0.173. The van der Waals surface area contributed by atoms with Crippen LogP contribution in [-0.2, 0) is 6.54 Å². The van der Waals surface area contributed by atoms with Gasteiger partial charge in [0.2, 0.25) is 5.82 Å². The average molecular weight is 253 g/mol. The largest absolute Gasteiger partial charge is 0.393 e. The first-order valence-corrected chi connectivity index (χ1v) is 5.75. The van der Waals surface area contributed by atoms with Crippen molar-refractivity contribution >= 4 is 11.6 Å². The Bertz CT molecular complexity index is 498. The maximum absolute atomic E-state index is 9.17. The molecule has 0 spiro atoms. The molecule has 0 radical (unpaired) electrons. The van der Waals surface area contributed by atoms with Gasteiger partial charge in [0, 0.05) is 5.56 Å². The van der Waals surface area contributed by atoms with E-state index in [4.69, 9.17) is 11.6 Å². The fraction of sp³-hybridized carbons (Fsp3) is 0.364. The van der Waals surface area contributed by atoms with Crippen molar-refractivity contribution in [2.45, 2.75) is 26.0 Å². The molecule has 0 saturated carbocycles. The van der Waals surface area contributed by atoms with Crippen LogP contribution in [-0.4, -0.2) is 31.4 Å². The van der Waals surface area contributed by atoms with Gasteiger partial charge in [-0.3, -0.25) is 0 Å². The molecule has 0 bridgehead atoms. The molecule has 5 nitrogen and oxygen atoms in total. The highest BCUT2D eigenvalue weighted by atomic mass is 35.5. The molecule has 90 valence electrons. The third-order valence-corrected chi connectivity index (χ3v) is 2.64. The first-order chi connectivity index (χ1) is 8.16. The van der Waals surface area contributed by atoms with Crippen molar-refractivity contribution in [2.24, 2.45) is 0 Å². The van der Waals surface area contributed by atoms with E-state index in [1.165, 1.54) is 4.80 Å². The molecule has 2 rings (SSSR count). The third kappa shape index (κ3) is 3.01. The molecule has 0 fully saturated rings. The summed E-state index contributed by atoms with van der Waals surface area (Å²) in [5, 5.41) is 21.8. The lowest BCUT2D eigenvalue weighted by atomic mass is 10.2. The number of hydrogen-bond acceptors (Lipinski definition) is 4. The maximum Gasteiger partial charge on any atom is 0.206 e. The minimum atomic E-state index is -0.371. The SMILES string of the molecule is C[C@H](O)CCn1nnc(-c2ccccc2Cl)n1. The molecule has 2 aromatic rings. The minimum Gasteiger partial charge on any atom is -0.393 e. The van der Waals surface area contributed by atoms with E-state index >= 15 is 0 Å². The van der Waals surface area contributed by atoms with Crippen LogP contribution in [0.3, 0.4) is 0 Å². The van der Waals surface area contributed by atoms with Gasteiger partial charge in [-0.25, -0.2) is 0 Å². The number of tetrazole rings is 1. The molecule has 0 aliphatic carbocycles. The van der Waals surface area contributed by atoms with Crippen molar-refractivity contribution in [3.8, 4) is 11.4 Å². The van der Waals surface area contributed by atoms with Gasteiger partial charge in [0.05, 0.1) is 17.7 Å². The zero-order valence-corrected chi connectivity index (χ0v) is 10.2. The van der Waals surface area contributed by atoms with Crippen LogP contribution in [0.4, 0.5) is 0 Å². The van der Waals surface area contributed by atoms with Crippen LogP contribution in [0.1, 0.15) is 13.3 Å². The highest BCUT2D eigenvalue weighted by Crippen LogP contribution is 2.23. The second kappa shape index (κ2) is 5.25. The van der Waals surface area contributed by atoms with Crippen LogP contribution >= 0.6 is 11.6 Å². The van der Waals surface area contributed by atoms with Crippen LogP contribution in [0.2, 0.25) is 5.02 Å².